The van der Waals surface area contributed by atoms with E-state index in [0.717, 1.165) is 4.47 Å². The second kappa shape index (κ2) is 5.71. The Balaban J connectivity index is 2.38. The van der Waals surface area contributed by atoms with Gasteiger partial charge in [0.2, 0.25) is 5.82 Å². The van der Waals surface area contributed by atoms with E-state index in [-0.39, 0.29) is 12.0 Å². The largest absolute Gasteiger partial charge is 0.398 e. The van der Waals surface area contributed by atoms with E-state index in [1.54, 1.807) is 13.2 Å². The molecule has 1 atom stereocenters. The van der Waals surface area contributed by atoms with Crippen molar-refractivity contribution in [3.05, 3.63) is 28.5 Å². The molecule has 1 heterocycles. The molecule has 0 fully saturated rings. The van der Waals surface area contributed by atoms with Gasteiger partial charge >= 0.3 is 0 Å². The summed E-state index contributed by atoms with van der Waals surface area (Å²) in [4.78, 5) is 4.37. The van der Waals surface area contributed by atoms with Crippen LogP contribution in [0.2, 0.25) is 0 Å². The van der Waals surface area contributed by atoms with Crippen molar-refractivity contribution in [2.45, 2.75) is 20.0 Å². The molecule has 5 nitrogen and oxygen atoms in total. The number of nitrogen functional groups attached to an aromatic ring is 1. The van der Waals surface area contributed by atoms with Crippen molar-refractivity contribution in [1.82, 2.24) is 10.1 Å². The van der Waals surface area contributed by atoms with Crippen LogP contribution in [0.15, 0.2) is 27.2 Å². The summed E-state index contributed by atoms with van der Waals surface area (Å²) in [6, 6.07) is 5.51. The van der Waals surface area contributed by atoms with Crippen LogP contribution in [0.1, 0.15) is 25.8 Å². The van der Waals surface area contributed by atoms with E-state index in [4.69, 9.17) is 15.0 Å². The number of anilines is 1. The van der Waals surface area contributed by atoms with E-state index >= 15 is 0 Å². The smallest absolute Gasteiger partial charge is 0.260 e. The van der Waals surface area contributed by atoms with Crippen molar-refractivity contribution in [3.8, 4) is 11.5 Å². The highest BCUT2D eigenvalue weighted by Gasteiger charge is 2.22. The number of hydrogen-bond acceptors (Lipinski definition) is 5. The lowest BCUT2D eigenvalue weighted by Gasteiger charge is -2.14. The maximum atomic E-state index is 5.92. The molecule has 0 spiro atoms. The Morgan fingerprint density at radius 3 is 2.74 bits per heavy atom. The molecule has 0 aliphatic rings. The molecule has 0 saturated carbocycles. The molecule has 102 valence electrons. The Hall–Kier alpha value is -1.40. The van der Waals surface area contributed by atoms with E-state index in [1.807, 2.05) is 26.0 Å². The van der Waals surface area contributed by atoms with Crippen LogP contribution >= 0.6 is 15.9 Å². The van der Waals surface area contributed by atoms with Gasteiger partial charge in [0.15, 0.2) is 0 Å². The molecule has 6 heteroatoms. The predicted octanol–water partition coefficient (Wildman–Crippen LogP) is 3.42. The predicted molar refractivity (Wildman–Crippen MR) is 76.4 cm³/mol. The molecule has 0 aliphatic carbocycles. The van der Waals surface area contributed by atoms with E-state index in [1.165, 1.54) is 0 Å². The van der Waals surface area contributed by atoms with Crippen LogP contribution in [0.25, 0.3) is 11.5 Å². The molecule has 2 N–H and O–H groups in total. The molecule has 0 aliphatic heterocycles. The molecular weight excluding hydrogens is 310 g/mol. The Kier molecular flexibility index (Phi) is 4.21. The highest BCUT2D eigenvalue weighted by atomic mass is 79.9. The average Bonchev–Trinajstić information content (AvgIpc) is 2.82. The highest BCUT2D eigenvalue weighted by Crippen LogP contribution is 2.30. The van der Waals surface area contributed by atoms with Gasteiger partial charge in [0.25, 0.3) is 5.89 Å². The minimum atomic E-state index is -0.189. The number of methoxy groups -OCH3 is 1. The van der Waals surface area contributed by atoms with Crippen molar-refractivity contribution in [2.75, 3.05) is 12.8 Å². The fourth-order valence-corrected chi connectivity index (χ4v) is 2.21. The number of rotatable bonds is 4. The van der Waals surface area contributed by atoms with Gasteiger partial charge in [-0.25, -0.2) is 0 Å². The standard InChI is InChI=1S/C13H16BrN3O2/c1-7(2)11(18-3)12-16-13(19-17-12)9-6-8(14)4-5-10(9)15/h4-7,11H,15H2,1-3H3. The fraction of sp³-hybridized carbons (Fsp3) is 0.385. The lowest BCUT2D eigenvalue weighted by atomic mass is 10.1. The van der Waals surface area contributed by atoms with Crippen molar-refractivity contribution < 1.29 is 9.26 Å². The van der Waals surface area contributed by atoms with Crippen LogP contribution in [0.4, 0.5) is 5.69 Å². The van der Waals surface area contributed by atoms with Crippen molar-refractivity contribution in [2.24, 2.45) is 5.92 Å². The normalized spacial score (nSPS) is 12.9. The monoisotopic (exact) mass is 325 g/mol. The lowest BCUT2D eigenvalue weighted by Crippen LogP contribution is -2.10. The van der Waals surface area contributed by atoms with Gasteiger partial charge in [-0.1, -0.05) is 34.9 Å². The number of aromatic nitrogens is 2. The maximum absolute atomic E-state index is 5.92. The molecule has 2 aromatic rings. The summed E-state index contributed by atoms with van der Waals surface area (Å²) in [7, 11) is 1.63. The summed E-state index contributed by atoms with van der Waals surface area (Å²) in [6.45, 7) is 4.08. The fourth-order valence-electron chi connectivity index (χ4n) is 1.85. The minimum absolute atomic E-state index is 0.189. The zero-order valence-corrected chi connectivity index (χ0v) is 12.6. The minimum Gasteiger partial charge on any atom is -0.398 e. The van der Waals surface area contributed by atoms with Gasteiger partial charge in [-0.2, -0.15) is 4.98 Å². The molecule has 0 radical (unpaired) electrons. The van der Waals surface area contributed by atoms with Crippen LogP contribution in [-0.2, 0) is 4.74 Å². The van der Waals surface area contributed by atoms with Crippen molar-refractivity contribution in [3.63, 3.8) is 0 Å². The quantitative estimate of drug-likeness (QED) is 0.872. The van der Waals surface area contributed by atoms with Crippen LogP contribution in [-0.4, -0.2) is 17.3 Å². The van der Waals surface area contributed by atoms with Gasteiger partial charge in [0.05, 0.1) is 5.56 Å². The average molecular weight is 326 g/mol. The van der Waals surface area contributed by atoms with E-state index in [9.17, 15) is 0 Å². The third-order valence-corrected chi connectivity index (χ3v) is 3.29. The summed E-state index contributed by atoms with van der Waals surface area (Å²) >= 11 is 3.40. The van der Waals surface area contributed by atoms with Gasteiger partial charge in [0, 0.05) is 17.3 Å². The zero-order valence-electron chi connectivity index (χ0n) is 11.1. The molecule has 0 amide bonds. The number of benzene rings is 1. The molecular formula is C13H16BrN3O2. The first-order chi connectivity index (χ1) is 9.02. The maximum Gasteiger partial charge on any atom is 0.260 e. The van der Waals surface area contributed by atoms with Crippen molar-refractivity contribution >= 4 is 21.6 Å². The number of nitrogens with zero attached hydrogens (tertiary/aromatic N) is 2. The summed E-state index contributed by atoms with van der Waals surface area (Å²) in [5, 5.41) is 3.97. The summed E-state index contributed by atoms with van der Waals surface area (Å²) in [6.07, 6.45) is -0.189. The Labute approximate surface area is 120 Å². The van der Waals surface area contributed by atoms with Gasteiger partial charge < -0.3 is 15.0 Å². The molecule has 2 rings (SSSR count). The van der Waals surface area contributed by atoms with Gasteiger partial charge in [-0.15, -0.1) is 0 Å². The number of ether oxygens (including phenoxy) is 1. The third kappa shape index (κ3) is 2.96. The summed E-state index contributed by atoms with van der Waals surface area (Å²) in [5.41, 5.74) is 7.23. The Morgan fingerprint density at radius 2 is 2.11 bits per heavy atom. The molecule has 0 bridgehead atoms. The number of hydrogen-bond donors (Lipinski definition) is 1. The van der Waals surface area contributed by atoms with E-state index in [2.05, 4.69) is 26.1 Å². The van der Waals surface area contributed by atoms with Crippen molar-refractivity contribution in [1.29, 1.82) is 0 Å². The molecule has 19 heavy (non-hydrogen) atoms. The number of halogens is 1. The second-order valence-electron chi connectivity index (χ2n) is 4.59. The SMILES string of the molecule is COC(c1noc(-c2cc(Br)ccc2N)n1)C(C)C. The molecule has 1 aromatic heterocycles. The van der Waals surface area contributed by atoms with Gasteiger partial charge in [-0.3, -0.25) is 0 Å². The van der Waals surface area contributed by atoms with Crippen LogP contribution in [0.5, 0.6) is 0 Å². The molecule has 1 unspecified atom stereocenters. The molecule has 0 saturated heterocycles. The topological polar surface area (TPSA) is 74.2 Å². The first kappa shape index (κ1) is 14.0. The third-order valence-electron chi connectivity index (χ3n) is 2.80. The van der Waals surface area contributed by atoms with Crippen LogP contribution in [0, 0.1) is 5.92 Å². The Morgan fingerprint density at radius 1 is 1.37 bits per heavy atom. The number of nitrogens with two attached hydrogens (primary N) is 1. The van der Waals surface area contributed by atoms with Gasteiger partial charge in [-0.05, 0) is 24.1 Å². The second-order valence-corrected chi connectivity index (χ2v) is 5.51. The Bertz CT molecular complexity index is 569. The van der Waals surface area contributed by atoms with E-state index < -0.39 is 0 Å². The van der Waals surface area contributed by atoms with Crippen LogP contribution in [0.3, 0.4) is 0 Å². The molecule has 1 aromatic carbocycles. The lowest BCUT2D eigenvalue weighted by molar-refractivity contribution is 0.0556. The van der Waals surface area contributed by atoms with E-state index in [0.29, 0.717) is 23.0 Å². The first-order valence-electron chi connectivity index (χ1n) is 5.94. The summed E-state index contributed by atoms with van der Waals surface area (Å²) in [5.74, 6) is 1.19. The summed E-state index contributed by atoms with van der Waals surface area (Å²) < 4.78 is 11.6. The zero-order chi connectivity index (χ0) is 14.0. The highest BCUT2D eigenvalue weighted by molar-refractivity contribution is 9.10. The van der Waals surface area contributed by atoms with Crippen LogP contribution < -0.4 is 5.73 Å². The van der Waals surface area contributed by atoms with Gasteiger partial charge in [0.1, 0.15) is 6.10 Å². The first-order valence-corrected chi connectivity index (χ1v) is 6.74.